The monoisotopic (exact) mass is 671 g/mol. The molecule has 0 saturated carbocycles. The number of hydrogen-bond acceptors (Lipinski definition) is 7. The molecule has 1 amide bonds. The van der Waals surface area contributed by atoms with Gasteiger partial charge in [-0.3, -0.25) is 9.10 Å². The molecular formula is C25H26IN3O7S2. The van der Waals surface area contributed by atoms with Gasteiger partial charge in [-0.15, -0.1) is 0 Å². The van der Waals surface area contributed by atoms with E-state index in [1.54, 1.807) is 42.5 Å². The van der Waals surface area contributed by atoms with E-state index in [2.05, 4.69) is 27.9 Å². The van der Waals surface area contributed by atoms with E-state index in [1.165, 1.54) is 41.7 Å². The van der Waals surface area contributed by atoms with Crippen LogP contribution in [0.5, 0.6) is 5.75 Å². The summed E-state index contributed by atoms with van der Waals surface area (Å²) in [6.07, 6.45) is 0. The summed E-state index contributed by atoms with van der Waals surface area (Å²) in [4.78, 5) is 13.1. The lowest BCUT2D eigenvalue weighted by Gasteiger charge is -2.27. The average molecular weight is 672 g/mol. The summed E-state index contributed by atoms with van der Waals surface area (Å²) in [6.45, 7) is 0.425. The zero-order chi connectivity index (χ0) is 27.3. The number of halogens is 1. The number of nitrogens with zero attached hydrogens (tertiary/aromatic N) is 2. The molecule has 0 aromatic heterocycles. The van der Waals surface area contributed by atoms with Crippen molar-refractivity contribution in [1.82, 2.24) is 4.31 Å². The van der Waals surface area contributed by atoms with Gasteiger partial charge in [0.2, 0.25) is 15.9 Å². The second-order valence-corrected chi connectivity index (χ2v) is 13.2. The van der Waals surface area contributed by atoms with Gasteiger partial charge in [0, 0.05) is 22.3 Å². The first kappa shape index (κ1) is 28.3. The third kappa shape index (κ3) is 6.29. The number of anilines is 2. The Kier molecular flexibility index (Phi) is 8.92. The van der Waals surface area contributed by atoms with Crippen LogP contribution in [0.3, 0.4) is 0 Å². The van der Waals surface area contributed by atoms with Crippen molar-refractivity contribution in [2.75, 3.05) is 49.6 Å². The van der Waals surface area contributed by atoms with Gasteiger partial charge < -0.3 is 14.8 Å². The summed E-state index contributed by atoms with van der Waals surface area (Å²) >= 11 is 2.11. The van der Waals surface area contributed by atoms with E-state index in [1.807, 2.05) is 0 Å². The van der Waals surface area contributed by atoms with Gasteiger partial charge in [-0.05, 0) is 77.2 Å². The molecule has 0 spiro atoms. The molecule has 4 rings (SSSR count). The Balaban J connectivity index is 1.62. The van der Waals surface area contributed by atoms with Crippen LogP contribution in [0.15, 0.2) is 82.6 Å². The van der Waals surface area contributed by atoms with Crippen LogP contribution in [0.25, 0.3) is 0 Å². The minimum absolute atomic E-state index is 0.0367. The van der Waals surface area contributed by atoms with E-state index in [0.29, 0.717) is 5.69 Å². The van der Waals surface area contributed by atoms with E-state index < -0.39 is 32.5 Å². The number of morpholine rings is 1. The van der Waals surface area contributed by atoms with Crippen molar-refractivity contribution in [3.63, 3.8) is 0 Å². The standard InChI is InChI=1S/C25H26IN3O7S2/c1-35-23-12-9-20(17-24(23)38(33,34)28-13-15-36-16-14-28)27-25(30)18-29(21-10-7-19(26)8-11-21)37(31,32)22-5-3-2-4-6-22/h2-12,17H,13-16,18H2,1H3,(H,27,30). The summed E-state index contributed by atoms with van der Waals surface area (Å²) in [5.74, 6) is -0.524. The van der Waals surface area contributed by atoms with E-state index >= 15 is 0 Å². The second kappa shape index (κ2) is 12.0. The lowest BCUT2D eigenvalue weighted by Crippen LogP contribution is -2.40. The number of hydrogen-bond donors (Lipinski definition) is 1. The highest BCUT2D eigenvalue weighted by molar-refractivity contribution is 14.1. The van der Waals surface area contributed by atoms with Crippen molar-refractivity contribution in [3.05, 3.63) is 76.4 Å². The van der Waals surface area contributed by atoms with Crippen molar-refractivity contribution >= 4 is 59.9 Å². The molecule has 1 aliphatic heterocycles. The molecule has 0 atom stereocenters. The Bertz CT molecular complexity index is 1490. The summed E-state index contributed by atoms with van der Waals surface area (Å²) in [7, 11) is -6.64. The molecule has 0 radical (unpaired) electrons. The molecule has 1 saturated heterocycles. The highest BCUT2D eigenvalue weighted by atomic mass is 127. The summed E-state index contributed by atoms with van der Waals surface area (Å²) in [6, 6.07) is 18.8. The van der Waals surface area contributed by atoms with Crippen LogP contribution in [0.1, 0.15) is 0 Å². The molecule has 3 aromatic carbocycles. The van der Waals surface area contributed by atoms with Crippen LogP contribution >= 0.6 is 22.6 Å². The quantitative estimate of drug-likeness (QED) is 0.347. The van der Waals surface area contributed by atoms with E-state index in [-0.39, 0.29) is 47.5 Å². The number of carbonyl (C=O) groups is 1. The molecule has 3 aromatic rings. The van der Waals surface area contributed by atoms with Gasteiger partial charge >= 0.3 is 0 Å². The van der Waals surface area contributed by atoms with Crippen molar-refractivity contribution in [3.8, 4) is 5.75 Å². The molecule has 0 unspecified atom stereocenters. The minimum atomic E-state index is -4.08. The molecule has 10 nitrogen and oxygen atoms in total. The number of sulfonamides is 2. The van der Waals surface area contributed by atoms with Crippen LogP contribution in [0, 0.1) is 3.57 Å². The van der Waals surface area contributed by atoms with Gasteiger partial charge in [0.05, 0.1) is 30.9 Å². The highest BCUT2D eigenvalue weighted by Crippen LogP contribution is 2.30. The number of nitrogens with one attached hydrogen (secondary N) is 1. The number of rotatable bonds is 9. The molecular weight excluding hydrogens is 645 g/mol. The highest BCUT2D eigenvalue weighted by Gasteiger charge is 2.30. The van der Waals surface area contributed by atoms with Crippen molar-refractivity contribution < 1.29 is 31.1 Å². The summed E-state index contributed by atoms with van der Waals surface area (Å²) in [5.41, 5.74) is 0.497. The number of amides is 1. The maximum atomic E-state index is 13.5. The zero-order valence-corrected chi connectivity index (χ0v) is 24.2. The van der Waals surface area contributed by atoms with Gasteiger partial charge in [-0.25, -0.2) is 16.8 Å². The second-order valence-electron chi connectivity index (χ2n) is 8.23. The van der Waals surface area contributed by atoms with Gasteiger partial charge in [0.15, 0.2) is 0 Å². The molecule has 0 aliphatic carbocycles. The summed E-state index contributed by atoms with van der Waals surface area (Å²) < 4.78 is 67.3. The molecule has 202 valence electrons. The Labute approximate surface area is 235 Å². The van der Waals surface area contributed by atoms with Crippen LogP contribution in [0.4, 0.5) is 11.4 Å². The molecule has 38 heavy (non-hydrogen) atoms. The van der Waals surface area contributed by atoms with Gasteiger partial charge in [0.25, 0.3) is 10.0 Å². The average Bonchev–Trinajstić information content (AvgIpc) is 2.93. The number of methoxy groups -OCH3 is 1. The third-order valence-corrected chi connectivity index (χ3v) is 10.2. The van der Waals surface area contributed by atoms with Crippen LogP contribution in [-0.2, 0) is 29.6 Å². The van der Waals surface area contributed by atoms with Crippen LogP contribution in [0.2, 0.25) is 0 Å². The van der Waals surface area contributed by atoms with Gasteiger partial charge in [-0.2, -0.15) is 4.31 Å². The zero-order valence-electron chi connectivity index (χ0n) is 20.4. The third-order valence-electron chi connectivity index (χ3n) is 5.77. The fourth-order valence-electron chi connectivity index (χ4n) is 3.86. The normalized spacial score (nSPS) is 14.6. The molecule has 1 fully saturated rings. The van der Waals surface area contributed by atoms with Gasteiger partial charge in [0.1, 0.15) is 17.2 Å². The Hall–Kier alpha value is -2.72. The van der Waals surface area contributed by atoms with Gasteiger partial charge in [-0.1, -0.05) is 18.2 Å². The van der Waals surface area contributed by atoms with Crippen molar-refractivity contribution in [2.24, 2.45) is 0 Å². The summed E-state index contributed by atoms with van der Waals surface area (Å²) in [5, 5.41) is 2.63. The maximum Gasteiger partial charge on any atom is 0.264 e. The fraction of sp³-hybridized carbons (Fsp3) is 0.240. The Morgan fingerprint density at radius 1 is 1.00 bits per heavy atom. The first-order valence-corrected chi connectivity index (χ1v) is 15.5. The topological polar surface area (TPSA) is 122 Å². The number of ether oxygens (including phenoxy) is 2. The van der Waals surface area contributed by atoms with E-state index in [9.17, 15) is 21.6 Å². The Morgan fingerprint density at radius 2 is 1.66 bits per heavy atom. The molecule has 1 heterocycles. The van der Waals surface area contributed by atoms with E-state index in [0.717, 1.165) is 7.88 Å². The largest absolute Gasteiger partial charge is 0.495 e. The van der Waals surface area contributed by atoms with E-state index in [4.69, 9.17) is 9.47 Å². The minimum Gasteiger partial charge on any atom is -0.495 e. The van der Waals surface area contributed by atoms with Crippen LogP contribution < -0.4 is 14.4 Å². The van der Waals surface area contributed by atoms with Crippen molar-refractivity contribution in [1.29, 1.82) is 0 Å². The smallest absolute Gasteiger partial charge is 0.264 e. The molecule has 1 aliphatic rings. The molecule has 1 N–H and O–H groups in total. The predicted molar refractivity (Wildman–Crippen MR) is 151 cm³/mol. The lowest BCUT2D eigenvalue weighted by molar-refractivity contribution is -0.114. The Morgan fingerprint density at radius 3 is 2.29 bits per heavy atom. The predicted octanol–water partition coefficient (Wildman–Crippen LogP) is 3.15. The number of carbonyl (C=O) groups excluding carboxylic acids is 1. The molecule has 13 heteroatoms. The van der Waals surface area contributed by atoms with Crippen LogP contribution in [-0.4, -0.2) is 67.0 Å². The first-order valence-electron chi connectivity index (χ1n) is 11.5. The SMILES string of the molecule is COc1ccc(NC(=O)CN(c2ccc(I)cc2)S(=O)(=O)c2ccccc2)cc1S(=O)(=O)N1CCOCC1. The number of benzene rings is 3. The fourth-order valence-corrected chi connectivity index (χ4v) is 7.25. The first-order chi connectivity index (χ1) is 18.1. The lowest BCUT2D eigenvalue weighted by atomic mass is 10.3. The maximum absolute atomic E-state index is 13.5. The van der Waals surface area contributed by atoms with Crippen molar-refractivity contribution in [2.45, 2.75) is 9.79 Å². The molecule has 0 bridgehead atoms.